The number of amides is 1. The summed E-state index contributed by atoms with van der Waals surface area (Å²) in [5, 5.41) is 2.76. The monoisotopic (exact) mass is 499 g/mol. The number of carbonyl (C=O) groups is 1. The molecule has 31 heavy (non-hydrogen) atoms. The van der Waals surface area contributed by atoms with Crippen molar-refractivity contribution in [2.45, 2.75) is 12.1 Å². The van der Waals surface area contributed by atoms with Gasteiger partial charge in [-0.25, -0.2) is 4.39 Å². The van der Waals surface area contributed by atoms with Gasteiger partial charge in [-0.2, -0.15) is 0 Å². The summed E-state index contributed by atoms with van der Waals surface area (Å²) in [6.07, 6.45) is 1.83. The van der Waals surface area contributed by atoms with Crippen molar-refractivity contribution in [3.63, 3.8) is 0 Å². The van der Waals surface area contributed by atoms with E-state index in [9.17, 15) is 13.8 Å². The number of carbonyl (C=O) groups excluding carboxylic acids is 1. The van der Waals surface area contributed by atoms with E-state index in [0.29, 0.717) is 22.4 Å². The Morgan fingerprint density at radius 3 is 2.65 bits per heavy atom. The number of nitrogens with zero attached hydrogens (tertiary/aromatic N) is 1. The molecule has 0 saturated carbocycles. The minimum Gasteiger partial charge on any atom is -0.308 e. The molecular weight excluding hydrogens is 483 g/mol. The van der Waals surface area contributed by atoms with Gasteiger partial charge < -0.3 is 9.05 Å². The molecule has 162 valence electrons. The normalized spacial score (nSPS) is 16.7. The lowest BCUT2D eigenvalue weighted by atomic mass is 10.1. The predicted molar refractivity (Wildman–Crippen MR) is 123 cm³/mol. The number of anilines is 1. The van der Waals surface area contributed by atoms with E-state index >= 15 is 0 Å². The molecular formula is C21H17Cl2FNO4PS. The van der Waals surface area contributed by atoms with Gasteiger partial charge in [0, 0.05) is 21.6 Å². The Morgan fingerprint density at radius 2 is 1.97 bits per heavy atom. The van der Waals surface area contributed by atoms with Crippen LogP contribution in [0.15, 0.2) is 54.6 Å². The van der Waals surface area contributed by atoms with Crippen molar-refractivity contribution in [2.75, 3.05) is 18.1 Å². The van der Waals surface area contributed by atoms with Crippen LogP contribution in [-0.2, 0) is 18.4 Å². The number of hydrogen-bond donors (Lipinski definition) is 0. The second-order valence-corrected chi connectivity index (χ2v) is 10.7. The lowest BCUT2D eigenvalue weighted by Gasteiger charge is -2.32. The molecule has 1 atom stereocenters. The Labute approximate surface area is 192 Å². The van der Waals surface area contributed by atoms with E-state index in [2.05, 4.69) is 6.58 Å². The van der Waals surface area contributed by atoms with Crippen LogP contribution in [-0.4, -0.2) is 19.1 Å². The molecule has 10 heteroatoms. The molecule has 4 rings (SSSR count). The highest BCUT2D eigenvalue weighted by molar-refractivity contribution is 7.55. The fourth-order valence-electron chi connectivity index (χ4n) is 3.39. The highest BCUT2D eigenvalue weighted by atomic mass is 35.5. The molecule has 5 nitrogen and oxygen atoms in total. The summed E-state index contributed by atoms with van der Waals surface area (Å²) in [4.78, 5) is 14.9. The third-order valence-electron chi connectivity index (χ3n) is 4.84. The van der Waals surface area contributed by atoms with Crippen molar-refractivity contribution in [1.29, 1.82) is 0 Å². The van der Waals surface area contributed by atoms with Crippen LogP contribution in [0, 0.1) is 5.82 Å². The quantitative estimate of drug-likeness (QED) is 0.348. The summed E-state index contributed by atoms with van der Waals surface area (Å²) in [5.41, 5.74) is -0.503. The summed E-state index contributed by atoms with van der Waals surface area (Å²) >= 11 is 13.5. The van der Waals surface area contributed by atoms with Crippen LogP contribution < -0.4 is 4.90 Å². The van der Waals surface area contributed by atoms with Crippen LogP contribution >= 0.6 is 42.1 Å². The Morgan fingerprint density at radius 1 is 1.23 bits per heavy atom. The lowest BCUT2D eigenvalue weighted by molar-refractivity contribution is -0.118. The van der Waals surface area contributed by atoms with Crippen molar-refractivity contribution >= 4 is 63.8 Å². The van der Waals surface area contributed by atoms with Gasteiger partial charge in [0.15, 0.2) is 5.66 Å². The molecule has 1 aliphatic rings. The first-order valence-corrected chi connectivity index (χ1v) is 12.5. The third kappa shape index (κ3) is 4.31. The summed E-state index contributed by atoms with van der Waals surface area (Å²) in [6.45, 7) is 4.11. The summed E-state index contributed by atoms with van der Waals surface area (Å²) in [7, 11) is -3.88. The molecule has 1 amide bonds. The zero-order valence-electron chi connectivity index (χ0n) is 16.1. The van der Waals surface area contributed by atoms with E-state index in [-0.39, 0.29) is 23.9 Å². The Hall–Kier alpha value is -1.73. The zero-order valence-corrected chi connectivity index (χ0v) is 19.3. The van der Waals surface area contributed by atoms with E-state index in [1.54, 1.807) is 17.5 Å². The topological polar surface area (TPSA) is 55.8 Å². The second kappa shape index (κ2) is 9.02. The smallest absolute Gasteiger partial charge is 0.308 e. The van der Waals surface area contributed by atoms with Crippen LogP contribution in [0.5, 0.6) is 0 Å². The van der Waals surface area contributed by atoms with Gasteiger partial charge in [0.2, 0.25) is 0 Å². The van der Waals surface area contributed by atoms with E-state index in [1.165, 1.54) is 34.6 Å². The second-order valence-electron chi connectivity index (χ2n) is 6.78. The average molecular weight is 500 g/mol. The minimum atomic E-state index is -3.88. The molecule has 0 aliphatic carbocycles. The van der Waals surface area contributed by atoms with Gasteiger partial charge in [-0.15, -0.1) is 11.3 Å². The number of rotatable bonds is 5. The van der Waals surface area contributed by atoms with Gasteiger partial charge in [-0.3, -0.25) is 14.3 Å². The molecule has 1 saturated heterocycles. The maximum Gasteiger partial charge on any atom is 0.347 e. The molecule has 2 aromatic carbocycles. The summed E-state index contributed by atoms with van der Waals surface area (Å²) in [6, 6.07) is 9.12. The molecule has 0 N–H and O–H groups in total. The summed E-state index contributed by atoms with van der Waals surface area (Å²) in [5.74, 6) is -1.22. The van der Waals surface area contributed by atoms with E-state index < -0.39 is 25.0 Å². The van der Waals surface area contributed by atoms with Gasteiger partial charge in [-0.1, -0.05) is 29.8 Å². The highest BCUT2D eigenvalue weighted by Crippen LogP contribution is 2.64. The maximum absolute atomic E-state index is 13.8. The molecule has 1 aromatic heterocycles. The van der Waals surface area contributed by atoms with Gasteiger partial charge >= 0.3 is 7.60 Å². The lowest BCUT2D eigenvalue weighted by Crippen LogP contribution is -2.32. The number of halogens is 3. The van der Waals surface area contributed by atoms with Gasteiger partial charge in [0.25, 0.3) is 5.91 Å². The predicted octanol–water partition coefficient (Wildman–Crippen LogP) is 7.20. The minimum absolute atomic E-state index is 0.154. The van der Waals surface area contributed by atoms with Crippen molar-refractivity contribution in [1.82, 2.24) is 0 Å². The number of thiophene rings is 1. The molecule has 0 radical (unpaired) electrons. The first-order chi connectivity index (χ1) is 14.8. The van der Waals surface area contributed by atoms with Gasteiger partial charge in [0.05, 0.1) is 18.2 Å². The molecule has 0 spiro atoms. The number of hydrogen-bond acceptors (Lipinski definition) is 5. The van der Waals surface area contributed by atoms with Crippen molar-refractivity contribution in [2.24, 2.45) is 0 Å². The van der Waals surface area contributed by atoms with Gasteiger partial charge in [0.1, 0.15) is 5.82 Å². The standard InChI is InChI=1S/C21H17Cl2FNO4PS/c1-2-25(14-5-6-18(24)17(23)11-14)21(26)20(30(27)28-8-3-9-29-30)16-12-31-19-7-4-13(22)10-15(16)19/h2,4-7,10-12,20H,1,3,8-9H2. The fraction of sp³-hybridized carbons (Fsp3) is 0.190. The third-order valence-corrected chi connectivity index (χ3v) is 8.57. The van der Waals surface area contributed by atoms with Crippen LogP contribution in [0.2, 0.25) is 10.0 Å². The van der Waals surface area contributed by atoms with Crippen molar-refractivity contribution < 1.29 is 22.8 Å². The Bertz CT molecular complexity index is 1210. The SMILES string of the molecule is C=CN(C(=O)C(c1csc2ccc(Cl)cc12)P1(=O)OCCCO1)c1ccc(F)c(Cl)c1. The van der Waals surface area contributed by atoms with E-state index in [1.807, 2.05) is 6.07 Å². The average Bonchev–Trinajstić information content (AvgIpc) is 3.14. The molecule has 0 bridgehead atoms. The maximum atomic E-state index is 13.8. The van der Waals surface area contributed by atoms with Crippen LogP contribution in [0.4, 0.5) is 10.1 Å². The molecule has 2 heterocycles. The first-order valence-electron chi connectivity index (χ1n) is 9.30. The number of benzene rings is 2. The first kappa shape index (κ1) is 22.5. The van der Waals surface area contributed by atoms with Crippen molar-refractivity contribution in [3.8, 4) is 0 Å². The van der Waals surface area contributed by atoms with E-state index in [0.717, 1.165) is 10.8 Å². The van der Waals surface area contributed by atoms with Crippen molar-refractivity contribution in [3.05, 3.63) is 76.0 Å². The zero-order chi connectivity index (χ0) is 22.2. The fourth-order valence-corrected chi connectivity index (χ4v) is 6.89. The van der Waals surface area contributed by atoms with Crippen LogP contribution in [0.25, 0.3) is 10.1 Å². The molecule has 1 fully saturated rings. The highest BCUT2D eigenvalue weighted by Gasteiger charge is 2.47. The largest absolute Gasteiger partial charge is 0.347 e. The molecule has 1 unspecified atom stereocenters. The van der Waals surface area contributed by atoms with Gasteiger partial charge in [-0.05, 0) is 59.1 Å². The van der Waals surface area contributed by atoms with Crippen LogP contribution in [0.1, 0.15) is 17.6 Å². The molecule has 3 aromatic rings. The van der Waals surface area contributed by atoms with E-state index in [4.69, 9.17) is 32.2 Å². The summed E-state index contributed by atoms with van der Waals surface area (Å²) < 4.78 is 39.4. The Balaban J connectivity index is 1.86. The number of fused-ring (bicyclic) bond motifs is 1. The Kier molecular flexibility index (Phi) is 6.54. The molecule has 1 aliphatic heterocycles. The van der Waals surface area contributed by atoms with Crippen LogP contribution in [0.3, 0.4) is 0 Å².